The number of likely N-dealkylation sites (N-methyl/N-ethyl adjacent to an activating group) is 1. The molecule has 3 aromatic carbocycles. The molecule has 3 aliphatic rings. The highest BCUT2D eigenvalue weighted by molar-refractivity contribution is 5.86. The number of morpholine rings is 1. The number of methoxy groups -OCH3 is 1. The van der Waals surface area contributed by atoms with Gasteiger partial charge in [-0.25, -0.2) is 4.79 Å². The number of aliphatic hydroxyl groups is 2. The quantitative estimate of drug-likeness (QED) is 0.215. The predicted molar refractivity (Wildman–Crippen MR) is 193 cm³/mol. The highest BCUT2D eigenvalue weighted by Crippen LogP contribution is 2.36. The van der Waals surface area contributed by atoms with Crippen molar-refractivity contribution in [1.82, 2.24) is 15.1 Å². The Balaban J connectivity index is 1.21. The fourth-order valence-electron chi connectivity index (χ4n) is 7.46. The highest BCUT2D eigenvalue weighted by atomic mass is 16.6. The summed E-state index contributed by atoms with van der Waals surface area (Å²) in [6.45, 7) is 5.07. The number of amides is 2. The second-order valence-corrected chi connectivity index (χ2v) is 13.8. The van der Waals surface area contributed by atoms with Crippen molar-refractivity contribution in [2.75, 3.05) is 66.8 Å². The smallest absolute Gasteiger partial charge is 0.408 e. The maximum absolute atomic E-state index is 14.3. The van der Waals surface area contributed by atoms with Gasteiger partial charge in [-0.1, -0.05) is 66.7 Å². The van der Waals surface area contributed by atoms with Crippen molar-refractivity contribution >= 4 is 12.0 Å². The Kier molecular flexibility index (Phi) is 13.2. The number of hydrogen-bond acceptors (Lipinski definition) is 10. The van der Waals surface area contributed by atoms with Crippen LogP contribution in [0.2, 0.25) is 0 Å². The van der Waals surface area contributed by atoms with Crippen molar-refractivity contribution < 1.29 is 43.5 Å². The Morgan fingerprint density at radius 3 is 2.42 bits per heavy atom. The first kappa shape index (κ1) is 37.7. The van der Waals surface area contributed by atoms with Gasteiger partial charge in [-0.15, -0.1) is 0 Å². The zero-order valence-corrected chi connectivity index (χ0v) is 30.0. The molecule has 1 aliphatic carbocycles. The van der Waals surface area contributed by atoms with E-state index in [1.54, 1.807) is 7.05 Å². The van der Waals surface area contributed by atoms with Gasteiger partial charge in [0.15, 0.2) is 6.10 Å². The minimum Gasteiger partial charge on any atom is -0.492 e. The van der Waals surface area contributed by atoms with Crippen LogP contribution in [-0.2, 0) is 36.6 Å². The van der Waals surface area contributed by atoms with Crippen LogP contribution in [-0.4, -0.2) is 129 Å². The first-order chi connectivity index (χ1) is 25.3. The first-order valence-electron chi connectivity index (χ1n) is 18.2. The summed E-state index contributed by atoms with van der Waals surface area (Å²) in [7, 11) is 3.14. The van der Waals surface area contributed by atoms with Gasteiger partial charge in [0.2, 0.25) is 5.91 Å². The normalized spacial score (nSPS) is 23.3. The van der Waals surface area contributed by atoms with Gasteiger partial charge >= 0.3 is 6.09 Å². The molecule has 3 aromatic rings. The Morgan fingerprint density at radius 2 is 1.67 bits per heavy atom. The molecule has 12 nitrogen and oxygen atoms in total. The summed E-state index contributed by atoms with van der Waals surface area (Å²) in [4.78, 5) is 31.5. The molecule has 3 N–H and O–H groups in total. The molecule has 280 valence electrons. The monoisotopic (exact) mass is 717 g/mol. The third-order valence-electron chi connectivity index (χ3n) is 10.4. The van der Waals surface area contributed by atoms with Crippen LogP contribution in [0, 0.1) is 0 Å². The first-order valence-corrected chi connectivity index (χ1v) is 18.2. The van der Waals surface area contributed by atoms with Crippen LogP contribution < -0.4 is 10.1 Å². The standard InChI is InChI=1S/C40H51N3O9/c1-42(38-31-11-7-6-10-29(31)23-35(38)45)39(46)33(41-40(47)52-37-26-50-25-36(37)48-2)24-34(44)32(22-27-8-4-3-5-9-27)28-12-14-30(15-13-28)51-21-18-43-16-19-49-20-17-43/h3-15,32-38,44-45H,16-26H2,1-2H3,(H,41,47)/t32-,33+,34-,35+,36+,37+,38-/m0/s1. The van der Waals surface area contributed by atoms with Crippen molar-refractivity contribution in [3.8, 4) is 5.75 Å². The van der Waals surface area contributed by atoms with Crippen molar-refractivity contribution in [2.24, 2.45) is 0 Å². The van der Waals surface area contributed by atoms with E-state index in [2.05, 4.69) is 10.2 Å². The molecule has 0 saturated carbocycles. The van der Waals surface area contributed by atoms with Gasteiger partial charge in [-0.05, 0) is 40.8 Å². The Hall–Kier alpha value is -4.04. The molecule has 2 fully saturated rings. The molecule has 0 spiro atoms. The van der Waals surface area contributed by atoms with Crippen LogP contribution >= 0.6 is 0 Å². The Morgan fingerprint density at radius 1 is 0.962 bits per heavy atom. The molecular weight excluding hydrogens is 666 g/mol. The lowest BCUT2D eigenvalue weighted by Crippen LogP contribution is -2.52. The number of nitrogens with zero attached hydrogens (tertiary/aromatic N) is 2. The molecule has 0 bridgehead atoms. The number of ether oxygens (including phenoxy) is 5. The molecule has 2 aliphatic heterocycles. The van der Waals surface area contributed by atoms with E-state index in [9.17, 15) is 19.8 Å². The lowest BCUT2D eigenvalue weighted by atomic mass is 9.84. The van der Waals surface area contributed by atoms with E-state index in [1.807, 2.05) is 78.9 Å². The maximum Gasteiger partial charge on any atom is 0.408 e. The van der Waals surface area contributed by atoms with Gasteiger partial charge in [-0.3, -0.25) is 9.69 Å². The van der Waals surface area contributed by atoms with Gasteiger partial charge in [0, 0.05) is 52.6 Å². The summed E-state index contributed by atoms with van der Waals surface area (Å²) in [6, 6.07) is 23.4. The van der Waals surface area contributed by atoms with Crippen molar-refractivity contribution in [3.63, 3.8) is 0 Å². The van der Waals surface area contributed by atoms with Crippen molar-refractivity contribution in [3.05, 3.63) is 101 Å². The van der Waals surface area contributed by atoms with E-state index in [0.29, 0.717) is 19.4 Å². The summed E-state index contributed by atoms with van der Waals surface area (Å²) in [5.41, 5.74) is 3.70. The van der Waals surface area contributed by atoms with E-state index in [-0.39, 0.29) is 19.6 Å². The number of hydrogen-bond donors (Lipinski definition) is 3. The molecule has 2 amide bonds. The Labute approximate surface area is 305 Å². The third-order valence-corrected chi connectivity index (χ3v) is 10.4. The van der Waals surface area contributed by atoms with Gasteiger partial charge in [-0.2, -0.15) is 0 Å². The third kappa shape index (κ3) is 9.49. The summed E-state index contributed by atoms with van der Waals surface area (Å²) in [5, 5.41) is 25.9. The number of rotatable bonds is 15. The Bertz CT molecular complexity index is 1590. The molecule has 0 aromatic heterocycles. The zero-order chi connectivity index (χ0) is 36.5. The molecule has 0 unspecified atom stereocenters. The lowest BCUT2D eigenvalue weighted by molar-refractivity contribution is -0.137. The molecule has 52 heavy (non-hydrogen) atoms. The SMILES string of the molecule is CO[C@@H]1COC[C@H]1OC(=O)N[C@H](C[C@H](O)[C@@H](Cc1ccccc1)c1ccc(OCCN2CCOCC2)cc1)C(=O)N(C)[C@H]1c2ccccc2C[C@H]1O. The highest BCUT2D eigenvalue weighted by Gasteiger charge is 2.40. The second-order valence-electron chi connectivity index (χ2n) is 13.8. The maximum atomic E-state index is 14.3. The van der Waals surface area contributed by atoms with Crippen LogP contribution in [0.25, 0.3) is 0 Å². The largest absolute Gasteiger partial charge is 0.492 e. The molecule has 6 rings (SSSR count). The van der Waals surface area contributed by atoms with Crippen molar-refractivity contribution in [1.29, 1.82) is 0 Å². The van der Waals surface area contributed by atoms with E-state index in [4.69, 9.17) is 23.7 Å². The summed E-state index contributed by atoms with van der Waals surface area (Å²) >= 11 is 0. The number of benzene rings is 3. The average molecular weight is 718 g/mol. The van der Waals surface area contributed by atoms with Crippen LogP contribution in [0.4, 0.5) is 4.79 Å². The minimum absolute atomic E-state index is 0.104. The number of alkyl carbamates (subject to hydrolysis) is 1. The fraction of sp³-hybridized carbons (Fsp3) is 0.500. The molecular formula is C40H51N3O9. The number of fused-ring (bicyclic) bond motifs is 1. The van der Waals surface area contributed by atoms with Crippen molar-refractivity contribution in [2.45, 2.75) is 61.7 Å². The predicted octanol–water partition coefficient (Wildman–Crippen LogP) is 3.10. The fourth-order valence-corrected chi connectivity index (χ4v) is 7.46. The van der Waals surface area contributed by atoms with E-state index >= 15 is 0 Å². The van der Waals surface area contributed by atoms with Crippen LogP contribution in [0.15, 0.2) is 78.9 Å². The zero-order valence-electron chi connectivity index (χ0n) is 30.0. The summed E-state index contributed by atoms with van der Waals surface area (Å²) in [6.07, 6.45) is -2.97. The van der Waals surface area contributed by atoms with E-state index in [1.165, 1.54) is 12.0 Å². The van der Waals surface area contributed by atoms with Gasteiger partial charge in [0.25, 0.3) is 0 Å². The second kappa shape index (κ2) is 18.1. The van der Waals surface area contributed by atoms with E-state index in [0.717, 1.165) is 60.9 Å². The molecule has 0 radical (unpaired) electrons. The average Bonchev–Trinajstić information content (AvgIpc) is 3.76. The van der Waals surface area contributed by atoms with Crippen LogP contribution in [0.1, 0.15) is 40.6 Å². The number of carbonyl (C=O) groups is 2. The summed E-state index contributed by atoms with van der Waals surface area (Å²) in [5.74, 6) is -0.156. The molecule has 7 atom stereocenters. The minimum atomic E-state index is -1.17. The van der Waals surface area contributed by atoms with Gasteiger partial charge in [0.1, 0.15) is 24.5 Å². The molecule has 12 heteroatoms. The van der Waals surface area contributed by atoms with Gasteiger partial charge < -0.3 is 44.1 Å². The number of aliphatic hydroxyl groups excluding tert-OH is 2. The van der Waals surface area contributed by atoms with E-state index < -0.39 is 54.4 Å². The van der Waals surface area contributed by atoms with Gasteiger partial charge in [0.05, 0.1) is 44.7 Å². The van der Waals surface area contributed by atoms with Crippen LogP contribution in [0.5, 0.6) is 5.75 Å². The summed E-state index contributed by atoms with van der Waals surface area (Å²) < 4.78 is 28.0. The molecule has 2 saturated heterocycles. The topological polar surface area (TPSA) is 139 Å². The van der Waals surface area contributed by atoms with Crippen LogP contribution in [0.3, 0.4) is 0 Å². The number of carbonyl (C=O) groups excluding carboxylic acids is 2. The molecule has 2 heterocycles. The lowest BCUT2D eigenvalue weighted by Gasteiger charge is -2.33. The number of nitrogens with one attached hydrogen (secondary N) is 1.